The summed E-state index contributed by atoms with van der Waals surface area (Å²) in [5.41, 5.74) is 4.80. The molecule has 0 spiro atoms. The molecule has 0 fully saturated rings. The number of aliphatic hydroxyl groups is 1. The quantitative estimate of drug-likeness (QED) is 0.507. The predicted molar refractivity (Wildman–Crippen MR) is 121 cm³/mol. The second-order valence-corrected chi connectivity index (χ2v) is 8.39. The third kappa shape index (κ3) is 4.30. The lowest BCUT2D eigenvalue weighted by Crippen LogP contribution is -2.35. The van der Waals surface area contributed by atoms with Gasteiger partial charge in [-0.05, 0) is 61.8 Å². The zero-order valence-electron chi connectivity index (χ0n) is 19.5. The number of ether oxygens (including phenoxy) is 2. The van der Waals surface area contributed by atoms with E-state index >= 15 is 0 Å². The number of benzene rings is 2. The van der Waals surface area contributed by atoms with E-state index in [1.165, 1.54) is 24.8 Å². The van der Waals surface area contributed by atoms with Crippen molar-refractivity contribution in [2.75, 3.05) is 14.2 Å². The van der Waals surface area contributed by atoms with Crippen LogP contribution in [0.4, 0.5) is 0 Å². The summed E-state index contributed by atoms with van der Waals surface area (Å²) in [6, 6.07) is 8.44. The molecule has 29 heavy (non-hydrogen) atoms. The van der Waals surface area contributed by atoms with Crippen molar-refractivity contribution in [2.24, 2.45) is 5.92 Å². The highest BCUT2D eigenvalue weighted by Crippen LogP contribution is 2.48. The van der Waals surface area contributed by atoms with E-state index in [-0.39, 0.29) is 5.92 Å². The molecule has 1 N–H and O–H groups in total. The smallest absolute Gasteiger partial charge is 0.129 e. The summed E-state index contributed by atoms with van der Waals surface area (Å²) in [4.78, 5) is 0. The molecule has 2 aromatic carbocycles. The third-order valence-electron chi connectivity index (χ3n) is 6.27. The monoisotopic (exact) mass is 398 g/mol. The van der Waals surface area contributed by atoms with Crippen molar-refractivity contribution in [2.45, 2.75) is 72.8 Å². The summed E-state index contributed by atoms with van der Waals surface area (Å²) < 4.78 is 11.5. The largest absolute Gasteiger partial charge is 0.496 e. The highest BCUT2D eigenvalue weighted by molar-refractivity contribution is 5.62. The molecule has 0 amide bonds. The van der Waals surface area contributed by atoms with E-state index in [1.807, 2.05) is 20.8 Å². The summed E-state index contributed by atoms with van der Waals surface area (Å²) in [7, 11) is 3.36. The molecule has 1 atom stereocenters. The Morgan fingerprint density at radius 3 is 1.90 bits per heavy atom. The van der Waals surface area contributed by atoms with Gasteiger partial charge in [0, 0.05) is 11.1 Å². The molecular weight excluding hydrogens is 360 g/mol. The molecule has 2 rings (SSSR count). The average molecular weight is 399 g/mol. The Kier molecular flexibility index (Phi) is 7.76. The van der Waals surface area contributed by atoms with Gasteiger partial charge in [-0.2, -0.15) is 0 Å². The fraction of sp³-hybridized carbons (Fsp3) is 0.538. The van der Waals surface area contributed by atoms with Crippen LogP contribution in [-0.4, -0.2) is 19.3 Å². The first-order valence-electron chi connectivity index (χ1n) is 10.8. The van der Waals surface area contributed by atoms with Crippen molar-refractivity contribution in [1.29, 1.82) is 0 Å². The van der Waals surface area contributed by atoms with E-state index in [1.54, 1.807) is 14.2 Å². The predicted octanol–water partition coefficient (Wildman–Crippen LogP) is 6.25. The Labute approximate surface area is 177 Å². The average Bonchev–Trinajstić information content (AvgIpc) is 2.71. The van der Waals surface area contributed by atoms with Crippen LogP contribution >= 0.6 is 0 Å². The zero-order chi connectivity index (χ0) is 21.8. The number of rotatable bonds is 9. The van der Waals surface area contributed by atoms with Crippen molar-refractivity contribution >= 4 is 0 Å². The molecule has 0 aliphatic carbocycles. The SMILES string of the molecule is CCCCCc1ccc(C(O)(c2c(C)c(OC)c(C)c(C)c2OC)C(C)C)cc1. The molecule has 0 aromatic heterocycles. The van der Waals surface area contributed by atoms with E-state index in [0.717, 1.165) is 45.7 Å². The summed E-state index contributed by atoms with van der Waals surface area (Å²) in [5.74, 6) is 1.51. The lowest BCUT2D eigenvalue weighted by atomic mass is 9.74. The number of hydrogen-bond donors (Lipinski definition) is 1. The van der Waals surface area contributed by atoms with Gasteiger partial charge in [-0.3, -0.25) is 0 Å². The van der Waals surface area contributed by atoms with Crippen LogP contribution in [0.25, 0.3) is 0 Å². The first-order valence-corrected chi connectivity index (χ1v) is 10.8. The number of aryl methyl sites for hydroxylation is 1. The molecule has 1 unspecified atom stereocenters. The van der Waals surface area contributed by atoms with Gasteiger partial charge in [0.1, 0.15) is 17.1 Å². The van der Waals surface area contributed by atoms with Crippen LogP contribution < -0.4 is 9.47 Å². The second kappa shape index (κ2) is 9.67. The molecule has 0 heterocycles. The van der Waals surface area contributed by atoms with Crippen LogP contribution in [0.15, 0.2) is 24.3 Å². The standard InChI is InChI=1S/C26H38O3/c1-9-10-11-12-21-13-15-22(16-14-21)26(27,17(2)3)23-20(6)24(28-7)18(4)19(5)25(23)29-8/h13-17,27H,9-12H2,1-8H3. The Hall–Kier alpha value is -2.00. The first kappa shape index (κ1) is 23.3. The molecule has 3 heteroatoms. The molecule has 0 saturated heterocycles. The third-order valence-corrected chi connectivity index (χ3v) is 6.27. The van der Waals surface area contributed by atoms with Gasteiger partial charge in [0.2, 0.25) is 0 Å². The lowest BCUT2D eigenvalue weighted by molar-refractivity contribution is 0.0285. The lowest BCUT2D eigenvalue weighted by Gasteiger charge is -2.37. The number of unbranched alkanes of at least 4 members (excludes halogenated alkanes) is 2. The molecule has 0 aliphatic rings. The Morgan fingerprint density at radius 1 is 0.862 bits per heavy atom. The van der Waals surface area contributed by atoms with Gasteiger partial charge in [0.25, 0.3) is 0 Å². The Morgan fingerprint density at radius 2 is 1.41 bits per heavy atom. The van der Waals surface area contributed by atoms with E-state index in [2.05, 4.69) is 45.0 Å². The van der Waals surface area contributed by atoms with Gasteiger partial charge < -0.3 is 14.6 Å². The number of methoxy groups -OCH3 is 2. The maximum absolute atomic E-state index is 12.1. The van der Waals surface area contributed by atoms with Crippen molar-refractivity contribution < 1.29 is 14.6 Å². The van der Waals surface area contributed by atoms with Crippen LogP contribution in [0.2, 0.25) is 0 Å². The molecule has 0 aliphatic heterocycles. The normalized spacial score (nSPS) is 13.4. The van der Waals surface area contributed by atoms with E-state index in [0.29, 0.717) is 0 Å². The molecular formula is C26H38O3. The van der Waals surface area contributed by atoms with E-state index in [9.17, 15) is 5.11 Å². The van der Waals surface area contributed by atoms with Gasteiger partial charge in [-0.15, -0.1) is 0 Å². The van der Waals surface area contributed by atoms with Crippen LogP contribution in [0.1, 0.15) is 73.4 Å². The molecule has 0 radical (unpaired) electrons. The minimum absolute atomic E-state index is 0.0483. The van der Waals surface area contributed by atoms with Gasteiger partial charge in [0.05, 0.1) is 14.2 Å². The van der Waals surface area contributed by atoms with Gasteiger partial charge in [0.15, 0.2) is 0 Å². The molecule has 160 valence electrons. The maximum atomic E-state index is 12.1. The number of hydrogen-bond acceptors (Lipinski definition) is 3. The Bertz CT molecular complexity index is 821. The fourth-order valence-corrected chi connectivity index (χ4v) is 4.38. The summed E-state index contributed by atoms with van der Waals surface area (Å²) >= 11 is 0. The topological polar surface area (TPSA) is 38.7 Å². The van der Waals surface area contributed by atoms with E-state index < -0.39 is 5.60 Å². The van der Waals surface area contributed by atoms with Crippen molar-refractivity contribution in [3.63, 3.8) is 0 Å². The summed E-state index contributed by atoms with van der Waals surface area (Å²) in [5, 5.41) is 12.1. The van der Waals surface area contributed by atoms with Crippen molar-refractivity contribution in [3.8, 4) is 11.5 Å². The van der Waals surface area contributed by atoms with Crippen LogP contribution in [-0.2, 0) is 12.0 Å². The highest BCUT2D eigenvalue weighted by Gasteiger charge is 2.41. The second-order valence-electron chi connectivity index (χ2n) is 8.39. The molecule has 0 bridgehead atoms. The highest BCUT2D eigenvalue weighted by atomic mass is 16.5. The molecule has 2 aromatic rings. The van der Waals surface area contributed by atoms with E-state index in [4.69, 9.17) is 9.47 Å². The van der Waals surface area contributed by atoms with Crippen LogP contribution in [0, 0.1) is 26.7 Å². The minimum Gasteiger partial charge on any atom is -0.496 e. The molecule has 0 saturated carbocycles. The van der Waals surface area contributed by atoms with Gasteiger partial charge >= 0.3 is 0 Å². The Balaban J connectivity index is 2.66. The van der Waals surface area contributed by atoms with Crippen LogP contribution in [0.3, 0.4) is 0 Å². The minimum atomic E-state index is -1.18. The zero-order valence-corrected chi connectivity index (χ0v) is 19.5. The van der Waals surface area contributed by atoms with Crippen molar-refractivity contribution in [3.05, 3.63) is 57.6 Å². The van der Waals surface area contributed by atoms with Crippen LogP contribution in [0.5, 0.6) is 11.5 Å². The molecule has 3 nitrogen and oxygen atoms in total. The summed E-state index contributed by atoms with van der Waals surface area (Å²) in [6.45, 7) is 12.4. The summed E-state index contributed by atoms with van der Waals surface area (Å²) in [6.07, 6.45) is 4.75. The first-order chi connectivity index (χ1) is 13.7. The fourth-order valence-electron chi connectivity index (χ4n) is 4.38. The van der Waals surface area contributed by atoms with Gasteiger partial charge in [-0.25, -0.2) is 0 Å². The van der Waals surface area contributed by atoms with Crippen molar-refractivity contribution in [1.82, 2.24) is 0 Å². The van der Waals surface area contributed by atoms with Gasteiger partial charge in [-0.1, -0.05) is 57.9 Å². The maximum Gasteiger partial charge on any atom is 0.129 e.